The highest BCUT2D eigenvalue weighted by molar-refractivity contribution is 5.95. The summed E-state index contributed by atoms with van der Waals surface area (Å²) in [6, 6.07) is 6.07. The fourth-order valence-corrected chi connectivity index (χ4v) is 3.14. The van der Waals surface area contributed by atoms with Gasteiger partial charge in [-0.2, -0.15) is 5.10 Å². The summed E-state index contributed by atoms with van der Waals surface area (Å²) in [7, 11) is 1.95. The van der Waals surface area contributed by atoms with E-state index in [2.05, 4.69) is 15.4 Å². The molecule has 1 N–H and O–H groups in total. The highest BCUT2D eigenvalue weighted by Gasteiger charge is 2.26. The summed E-state index contributed by atoms with van der Waals surface area (Å²) in [5.41, 5.74) is 1.61. The van der Waals surface area contributed by atoms with Gasteiger partial charge in [-0.05, 0) is 38.4 Å². The van der Waals surface area contributed by atoms with Gasteiger partial charge in [0.15, 0.2) is 5.82 Å². The highest BCUT2D eigenvalue weighted by Crippen LogP contribution is 2.19. The number of nitrogens with zero attached hydrogens (tertiary/aromatic N) is 4. The minimum atomic E-state index is 0.0731. The van der Waals surface area contributed by atoms with Crippen LogP contribution in [0.3, 0.4) is 0 Å². The first-order chi connectivity index (χ1) is 11.2. The first-order valence-electron chi connectivity index (χ1n) is 8.19. The normalized spacial score (nSPS) is 18.2. The molecule has 1 saturated heterocycles. The molecule has 0 saturated carbocycles. The van der Waals surface area contributed by atoms with Gasteiger partial charge in [0, 0.05) is 25.3 Å². The van der Waals surface area contributed by atoms with Crippen molar-refractivity contribution >= 4 is 5.91 Å². The summed E-state index contributed by atoms with van der Waals surface area (Å²) in [5.74, 6) is 0.819. The predicted octanol–water partition coefficient (Wildman–Crippen LogP) is 1.65. The Morgan fingerprint density at radius 1 is 1.43 bits per heavy atom. The lowest BCUT2D eigenvalue weighted by Crippen LogP contribution is -2.47. The Kier molecular flexibility index (Phi) is 4.71. The molecule has 122 valence electrons. The number of carbonyl (C=O) groups is 1. The lowest BCUT2D eigenvalue weighted by molar-refractivity contribution is 0.0697. The molecule has 1 atom stereocenters. The van der Waals surface area contributed by atoms with Crippen LogP contribution in [0.1, 0.15) is 35.8 Å². The Hall–Kier alpha value is -2.21. The second-order valence-electron chi connectivity index (χ2n) is 5.84. The van der Waals surface area contributed by atoms with Crippen molar-refractivity contribution in [3.8, 4) is 5.82 Å². The van der Waals surface area contributed by atoms with Crippen molar-refractivity contribution in [1.29, 1.82) is 0 Å². The summed E-state index contributed by atoms with van der Waals surface area (Å²) >= 11 is 0. The summed E-state index contributed by atoms with van der Waals surface area (Å²) in [4.78, 5) is 19.2. The second kappa shape index (κ2) is 6.91. The van der Waals surface area contributed by atoms with E-state index in [0.29, 0.717) is 11.6 Å². The van der Waals surface area contributed by atoms with Gasteiger partial charge < -0.3 is 10.2 Å². The van der Waals surface area contributed by atoms with Gasteiger partial charge in [0.05, 0.1) is 17.5 Å². The minimum absolute atomic E-state index is 0.0731. The van der Waals surface area contributed by atoms with Crippen LogP contribution in [0.4, 0.5) is 0 Å². The topological polar surface area (TPSA) is 63.1 Å². The van der Waals surface area contributed by atoms with Gasteiger partial charge >= 0.3 is 0 Å². The maximum Gasteiger partial charge on any atom is 0.257 e. The smallest absolute Gasteiger partial charge is 0.257 e. The van der Waals surface area contributed by atoms with E-state index in [1.165, 1.54) is 0 Å². The van der Waals surface area contributed by atoms with Gasteiger partial charge in [-0.25, -0.2) is 9.67 Å². The zero-order valence-corrected chi connectivity index (χ0v) is 13.7. The van der Waals surface area contributed by atoms with Crippen LogP contribution in [0.15, 0.2) is 30.6 Å². The van der Waals surface area contributed by atoms with Crippen molar-refractivity contribution in [3.63, 3.8) is 0 Å². The zero-order valence-electron chi connectivity index (χ0n) is 13.7. The van der Waals surface area contributed by atoms with Crippen LogP contribution >= 0.6 is 0 Å². The van der Waals surface area contributed by atoms with Crippen LogP contribution in [-0.4, -0.2) is 51.8 Å². The molecule has 0 radical (unpaired) electrons. The molecule has 6 heteroatoms. The maximum atomic E-state index is 12.9. The number of nitrogens with one attached hydrogen (secondary N) is 1. The van der Waals surface area contributed by atoms with E-state index in [1.807, 2.05) is 37.1 Å². The lowest BCUT2D eigenvalue weighted by atomic mass is 10.0. The fourth-order valence-electron chi connectivity index (χ4n) is 3.14. The molecule has 2 aromatic heterocycles. The van der Waals surface area contributed by atoms with Crippen molar-refractivity contribution in [2.24, 2.45) is 0 Å². The monoisotopic (exact) mass is 313 g/mol. The summed E-state index contributed by atoms with van der Waals surface area (Å²) in [6.07, 6.45) is 6.31. The van der Waals surface area contributed by atoms with E-state index in [-0.39, 0.29) is 5.91 Å². The number of piperidine rings is 1. The molecule has 3 rings (SSSR count). The molecule has 3 heterocycles. The molecule has 0 aromatic carbocycles. The van der Waals surface area contributed by atoms with Crippen molar-refractivity contribution in [2.45, 2.75) is 32.2 Å². The van der Waals surface area contributed by atoms with E-state index in [0.717, 1.165) is 43.9 Å². The largest absolute Gasteiger partial charge is 0.337 e. The Morgan fingerprint density at radius 2 is 2.30 bits per heavy atom. The Bertz CT molecular complexity index is 667. The first-order valence-corrected chi connectivity index (χ1v) is 8.19. The van der Waals surface area contributed by atoms with Gasteiger partial charge in [-0.3, -0.25) is 4.79 Å². The number of amides is 1. The van der Waals surface area contributed by atoms with Crippen LogP contribution in [0.2, 0.25) is 0 Å². The Balaban J connectivity index is 1.88. The maximum absolute atomic E-state index is 12.9. The minimum Gasteiger partial charge on any atom is -0.337 e. The van der Waals surface area contributed by atoms with Gasteiger partial charge in [-0.15, -0.1) is 0 Å². The Morgan fingerprint density at radius 3 is 3.00 bits per heavy atom. The number of hydrogen-bond acceptors (Lipinski definition) is 4. The average molecular weight is 313 g/mol. The molecule has 0 unspecified atom stereocenters. The third-order valence-corrected chi connectivity index (χ3v) is 4.42. The standard InChI is InChI=1S/C17H23N5O/c1-3-15-14(11-20-22(15)16-8-4-5-9-19-16)17(23)21-10-6-7-13(12-21)18-2/h4-5,8-9,11,13,18H,3,6-7,10,12H2,1-2H3/t13-/m1/s1. The van der Waals surface area contributed by atoms with E-state index in [4.69, 9.17) is 0 Å². The van der Waals surface area contributed by atoms with Crippen LogP contribution in [0.5, 0.6) is 0 Å². The quantitative estimate of drug-likeness (QED) is 0.932. The van der Waals surface area contributed by atoms with Gasteiger partial charge in [0.1, 0.15) is 0 Å². The molecule has 0 bridgehead atoms. The van der Waals surface area contributed by atoms with E-state index >= 15 is 0 Å². The van der Waals surface area contributed by atoms with Crippen molar-refractivity contribution < 1.29 is 4.79 Å². The van der Waals surface area contributed by atoms with Gasteiger partial charge in [-0.1, -0.05) is 13.0 Å². The summed E-state index contributed by atoms with van der Waals surface area (Å²) in [5, 5.41) is 7.68. The number of carbonyl (C=O) groups excluding carboxylic acids is 1. The molecule has 1 fully saturated rings. The summed E-state index contributed by atoms with van der Waals surface area (Å²) in [6.45, 7) is 3.61. The number of pyridine rings is 1. The van der Waals surface area contributed by atoms with Crippen LogP contribution in [0, 0.1) is 0 Å². The average Bonchev–Trinajstić information content (AvgIpc) is 3.05. The number of rotatable bonds is 4. The molecule has 1 aliphatic heterocycles. The van der Waals surface area contributed by atoms with Crippen LogP contribution in [-0.2, 0) is 6.42 Å². The van der Waals surface area contributed by atoms with Crippen molar-refractivity contribution in [1.82, 2.24) is 25.0 Å². The number of aromatic nitrogens is 3. The van der Waals surface area contributed by atoms with Crippen LogP contribution < -0.4 is 5.32 Å². The molecular formula is C17H23N5O. The third-order valence-electron chi connectivity index (χ3n) is 4.42. The third kappa shape index (κ3) is 3.12. The fraction of sp³-hybridized carbons (Fsp3) is 0.471. The molecule has 23 heavy (non-hydrogen) atoms. The number of hydrogen-bond donors (Lipinski definition) is 1. The number of likely N-dealkylation sites (N-methyl/N-ethyl adjacent to an activating group) is 1. The second-order valence-corrected chi connectivity index (χ2v) is 5.84. The predicted molar refractivity (Wildman–Crippen MR) is 88.7 cm³/mol. The van der Waals surface area contributed by atoms with Gasteiger partial charge in [0.2, 0.25) is 0 Å². The molecule has 0 aliphatic carbocycles. The molecule has 0 spiro atoms. The van der Waals surface area contributed by atoms with E-state index < -0.39 is 0 Å². The lowest BCUT2D eigenvalue weighted by Gasteiger charge is -2.32. The zero-order chi connectivity index (χ0) is 16.2. The first kappa shape index (κ1) is 15.7. The van der Waals surface area contributed by atoms with Crippen molar-refractivity contribution in [2.75, 3.05) is 20.1 Å². The van der Waals surface area contributed by atoms with Crippen LogP contribution in [0.25, 0.3) is 5.82 Å². The molecule has 2 aromatic rings. The molecule has 1 amide bonds. The Labute approximate surface area is 136 Å². The highest BCUT2D eigenvalue weighted by atomic mass is 16.2. The van der Waals surface area contributed by atoms with Gasteiger partial charge in [0.25, 0.3) is 5.91 Å². The molecular weight excluding hydrogens is 290 g/mol. The molecule has 1 aliphatic rings. The summed E-state index contributed by atoms with van der Waals surface area (Å²) < 4.78 is 1.77. The van der Waals surface area contributed by atoms with E-state index in [1.54, 1.807) is 17.1 Å². The van der Waals surface area contributed by atoms with E-state index in [9.17, 15) is 4.79 Å². The number of likely N-dealkylation sites (tertiary alicyclic amines) is 1. The SMILES string of the molecule is CCc1c(C(=O)N2CCC[C@@H](NC)C2)cnn1-c1ccccn1. The van der Waals surface area contributed by atoms with Crippen molar-refractivity contribution in [3.05, 3.63) is 41.9 Å². The molecule has 6 nitrogen and oxygen atoms in total.